The molecule has 208 valence electrons. The van der Waals surface area contributed by atoms with E-state index in [0.717, 1.165) is 43.2 Å². The lowest BCUT2D eigenvalue weighted by Gasteiger charge is -2.38. The van der Waals surface area contributed by atoms with E-state index in [9.17, 15) is 18.3 Å². The van der Waals surface area contributed by atoms with Crippen molar-refractivity contribution in [3.05, 3.63) is 102 Å². The Labute approximate surface area is 232 Å². The number of hydrogen-bond acceptors (Lipinski definition) is 5. The number of carbonyl (C=O) groups excluding carboxylic acids is 1. The number of hydrogen-bond donors (Lipinski definition) is 1. The summed E-state index contributed by atoms with van der Waals surface area (Å²) in [5.41, 5.74) is 1.79. The highest BCUT2D eigenvalue weighted by Crippen LogP contribution is 2.29. The molecule has 4 rings (SSSR count). The number of benzene rings is 3. The SMILES string of the molecule is CN(C(=O)OCc1ccccc1)[C@@H](Cc1ccccc1)[C@H](O)CN(C1CCCCC1)S(=O)(=O)c1ccccc1. The first-order chi connectivity index (χ1) is 18.9. The van der Waals surface area contributed by atoms with Crippen LogP contribution in [0.4, 0.5) is 4.79 Å². The van der Waals surface area contributed by atoms with Crippen LogP contribution >= 0.6 is 0 Å². The monoisotopic (exact) mass is 550 g/mol. The van der Waals surface area contributed by atoms with Crippen LogP contribution in [0.2, 0.25) is 0 Å². The van der Waals surface area contributed by atoms with Crippen molar-refractivity contribution in [2.24, 2.45) is 0 Å². The largest absolute Gasteiger partial charge is 0.445 e. The maximum atomic E-state index is 13.8. The molecule has 0 aromatic heterocycles. The Hall–Kier alpha value is -3.20. The molecule has 0 aliphatic heterocycles. The van der Waals surface area contributed by atoms with E-state index >= 15 is 0 Å². The first kappa shape index (κ1) is 28.8. The van der Waals surface area contributed by atoms with Gasteiger partial charge in [-0.25, -0.2) is 13.2 Å². The highest BCUT2D eigenvalue weighted by Gasteiger charge is 2.37. The average Bonchev–Trinajstić information content (AvgIpc) is 2.98. The minimum Gasteiger partial charge on any atom is -0.445 e. The second-order valence-corrected chi connectivity index (χ2v) is 12.0. The van der Waals surface area contributed by atoms with Crippen LogP contribution in [0.3, 0.4) is 0 Å². The fourth-order valence-electron chi connectivity index (χ4n) is 5.19. The molecule has 1 aliphatic rings. The second kappa shape index (κ2) is 13.7. The predicted molar refractivity (Wildman–Crippen MR) is 152 cm³/mol. The molecule has 3 aromatic rings. The number of aliphatic hydroxyl groups excluding tert-OH is 1. The normalized spacial score (nSPS) is 16.0. The van der Waals surface area contributed by atoms with Gasteiger partial charge in [0.05, 0.1) is 17.0 Å². The Kier molecular flexibility index (Phi) is 10.1. The van der Waals surface area contributed by atoms with Crippen LogP contribution in [0.25, 0.3) is 0 Å². The first-order valence-corrected chi connectivity index (χ1v) is 15.0. The Bertz CT molecular complexity index is 1270. The summed E-state index contributed by atoms with van der Waals surface area (Å²) in [7, 11) is -2.26. The third-order valence-corrected chi connectivity index (χ3v) is 9.35. The van der Waals surface area contributed by atoms with Crippen LogP contribution in [-0.4, -0.2) is 60.6 Å². The second-order valence-electron chi connectivity index (χ2n) is 10.2. The molecular formula is C31H38N2O5S. The smallest absolute Gasteiger partial charge is 0.410 e. The highest BCUT2D eigenvalue weighted by molar-refractivity contribution is 7.89. The van der Waals surface area contributed by atoms with Gasteiger partial charge in [0.1, 0.15) is 6.61 Å². The molecule has 0 heterocycles. The summed E-state index contributed by atoms with van der Waals surface area (Å²) >= 11 is 0. The third kappa shape index (κ3) is 7.68. The molecule has 39 heavy (non-hydrogen) atoms. The van der Waals surface area contributed by atoms with Gasteiger partial charge in [0.2, 0.25) is 10.0 Å². The van der Waals surface area contributed by atoms with Crippen LogP contribution in [0.1, 0.15) is 43.2 Å². The number of sulfonamides is 1. The molecule has 7 nitrogen and oxygen atoms in total. The number of ether oxygens (including phenoxy) is 1. The number of carbonyl (C=O) groups is 1. The van der Waals surface area contributed by atoms with E-state index < -0.39 is 28.3 Å². The molecule has 1 saturated carbocycles. The Morgan fingerprint density at radius 1 is 0.872 bits per heavy atom. The molecule has 0 radical (unpaired) electrons. The van der Waals surface area contributed by atoms with Gasteiger partial charge in [-0.15, -0.1) is 0 Å². The van der Waals surface area contributed by atoms with Crippen LogP contribution in [0.5, 0.6) is 0 Å². The van der Waals surface area contributed by atoms with E-state index in [4.69, 9.17) is 4.74 Å². The third-order valence-electron chi connectivity index (χ3n) is 7.42. The summed E-state index contributed by atoms with van der Waals surface area (Å²) in [6.07, 6.45) is 3.09. The van der Waals surface area contributed by atoms with Crippen molar-refractivity contribution in [2.45, 2.75) is 68.2 Å². The zero-order valence-corrected chi connectivity index (χ0v) is 23.2. The van der Waals surface area contributed by atoms with E-state index in [0.29, 0.717) is 6.42 Å². The topological polar surface area (TPSA) is 87.2 Å². The van der Waals surface area contributed by atoms with E-state index in [1.165, 1.54) is 9.21 Å². The summed E-state index contributed by atoms with van der Waals surface area (Å²) in [5, 5.41) is 11.6. The number of rotatable bonds is 11. The van der Waals surface area contributed by atoms with Gasteiger partial charge in [0, 0.05) is 19.6 Å². The summed E-state index contributed by atoms with van der Waals surface area (Å²) in [6.45, 7) is -0.00947. The molecule has 0 bridgehead atoms. The van der Waals surface area contributed by atoms with Crippen molar-refractivity contribution in [3.63, 3.8) is 0 Å². The van der Waals surface area contributed by atoms with Gasteiger partial charge in [0.25, 0.3) is 0 Å². The van der Waals surface area contributed by atoms with Crippen molar-refractivity contribution in [1.82, 2.24) is 9.21 Å². The lowest BCUT2D eigenvalue weighted by Crippen LogP contribution is -2.53. The molecular weight excluding hydrogens is 512 g/mol. The van der Waals surface area contributed by atoms with E-state index in [1.54, 1.807) is 37.4 Å². The molecule has 0 unspecified atom stereocenters. The van der Waals surface area contributed by atoms with Crippen LogP contribution in [-0.2, 0) is 27.8 Å². The zero-order valence-electron chi connectivity index (χ0n) is 22.4. The predicted octanol–water partition coefficient (Wildman–Crippen LogP) is 5.25. The van der Waals surface area contributed by atoms with Gasteiger partial charge in [-0.3, -0.25) is 0 Å². The number of amides is 1. The zero-order chi connectivity index (χ0) is 27.7. The minimum absolute atomic E-state index is 0.106. The van der Waals surface area contributed by atoms with Crippen molar-refractivity contribution in [3.8, 4) is 0 Å². The first-order valence-electron chi connectivity index (χ1n) is 13.6. The molecule has 1 fully saturated rings. The van der Waals surface area contributed by atoms with Gasteiger partial charge < -0.3 is 14.7 Å². The molecule has 0 saturated heterocycles. The maximum absolute atomic E-state index is 13.8. The van der Waals surface area contributed by atoms with E-state index in [2.05, 4.69) is 0 Å². The molecule has 1 amide bonds. The van der Waals surface area contributed by atoms with Crippen molar-refractivity contribution < 1.29 is 23.1 Å². The quantitative estimate of drug-likeness (QED) is 0.352. The van der Waals surface area contributed by atoms with Gasteiger partial charge in [-0.05, 0) is 42.5 Å². The molecule has 1 aliphatic carbocycles. The van der Waals surface area contributed by atoms with Gasteiger partial charge in [-0.1, -0.05) is 98.1 Å². The molecule has 3 aromatic carbocycles. The van der Waals surface area contributed by atoms with Gasteiger partial charge in [0.15, 0.2) is 0 Å². The van der Waals surface area contributed by atoms with Gasteiger partial charge in [-0.2, -0.15) is 4.31 Å². The fourth-order valence-corrected chi connectivity index (χ4v) is 6.91. The molecule has 2 atom stereocenters. The Balaban J connectivity index is 1.58. The number of likely N-dealkylation sites (N-methyl/N-ethyl adjacent to an activating group) is 1. The standard InChI is InChI=1S/C31H38N2O5S/c1-32(31(35)38-24-26-16-8-3-9-17-26)29(22-25-14-6-2-7-15-25)30(34)23-33(27-18-10-4-11-19-27)39(36,37)28-20-12-5-13-21-28/h2-3,5-9,12-17,20-21,27,29-30,34H,4,10-11,18-19,22-24H2,1H3/t29-,30+/m0/s1. The van der Waals surface area contributed by atoms with Crippen LogP contribution < -0.4 is 0 Å². The summed E-state index contributed by atoms with van der Waals surface area (Å²) in [5.74, 6) is 0. The minimum atomic E-state index is -3.86. The van der Waals surface area contributed by atoms with Crippen molar-refractivity contribution >= 4 is 16.1 Å². The van der Waals surface area contributed by atoms with E-state index in [1.807, 2.05) is 60.7 Å². The summed E-state index contributed by atoms with van der Waals surface area (Å²) in [4.78, 5) is 14.7. The molecule has 0 spiro atoms. The lowest BCUT2D eigenvalue weighted by atomic mass is 9.94. The Morgan fingerprint density at radius 2 is 1.41 bits per heavy atom. The summed E-state index contributed by atoms with van der Waals surface area (Å²) < 4.78 is 34.7. The molecule has 1 N–H and O–H groups in total. The van der Waals surface area contributed by atoms with Crippen LogP contribution in [0.15, 0.2) is 95.9 Å². The van der Waals surface area contributed by atoms with Crippen molar-refractivity contribution in [2.75, 3.05) is 13.6 Å². The summed E-state index contributed by atoms with van der Waals surface area (Å²) in [6, 6.07) is 26.4. The average molecular weight is 551 g/mol. The van der Waals surface area contributed by atoms with E-state index in [-0.39, 0.29) is 24.1 Å². The Morgan fingerprint density at radius 3 is 2.00 bits per heavy atom. The number of nitrogens with zero attached hydrogens (tertiary/aromatic N) is 2. The maximum Gasteiger partial charge on any atom is 0.410 e. The van der Waals surface area contributed by atoms with Gasteiger partial charge >= 0.3 is 6.09 Å². The molecule has 8 heteroatoms. The highest BCUT2D eigenvalue weighted by atomic mass is 32.2. The lowest BCUT2D eigenvalue weighted by molar-refractivity contribution is 0.0286. The number of aliphatic hydroxyl groups is 1. The fraction of sp³-hybridized carbons (Fsp3) is 0.387. The van der Waals surface area contributed by atoms with Crippen LogP contribution in [0, 0.1) is 0 Å². The van der Waals surface area contributed by atoms with Crippen molar-refractivity contribution in [1.29, 1.82) is 0 Å².